The van der Waals surface area contributed by atoms with Crippen LogP contribution in [0, 0.1) is 11.8 Å². The average Bonchev–Trinajstić information content (AvgIpc) is 2.69. The van der Waals surface area contributed by atoms with Crippen LogP contribution >= 0.6 is 0 Å². The van der Waals surface area contributed by atoms with Crippen LogP contribution in [0.3, 0.4) is 0 Å². The van der Waals surface area contributed by atoms with Gasteiger partial charge in [-0.2, -0.15) is 0 Å². The Bertz CT molecular complexity index is 369. The van der Waals surface area contributed by atoms with Gasteiger partial charge in [-0.3, -0.25) is 19.7 Å². The summed E-state index contributed by atoms with van der Waals surface area (Å²) >= 11 is 0. The highest BCUT2D eigenvalue weighted by atomic mass is 16.2. The molecule has 3 atom stereocenters. The summed E-state index contributed by atoms with van der Waals surface area (Å²) in [5.41, 5.74) is 0. The second kappa shape index (κ2) is 4.44. The number of hydrogen-bond donors (Lipinski definition) is 2. The molecule has 0 bridgehead atoms. The van der Waals surface area contributed by atoms with Gasteiger partial charge in [0, 0.05) is 6.54 Å². The van der Waals surface area contributed by atoms with E-state index in [1.54, 1.807) is 6.92 Å². The third-order valence-corrected chi connectivity index (χ3v) is 3.54. The van der Waals surface area contributed by atoms with Gasteiger partial charge in [0.05, 0.1) is 5.92 Å². The lowest BCUT2D eigenvalue weighted by Gasteiger charge is -2.34. The highest BCUT2D eigenvalue weighted by Crippen LogP contribution is 2.20. The summed E-state index contributed by atoms with van der Waals surface area (Å²) in [5.74, 6) is -0.780. The van der Waals surface area contributed by atoms with E-state index in [-0.39, 0.29) is 24.3 Å². The predicted octanol–water partition coefficient (Wildman–Crippen LogP) is -1.28. The molecule has 1 unspecified atom stereocenters. The van der Waals surface area contributed by atoms with E-state index < -0.39 is 17.9 Å². The maximum absolute atomic E-state index is 12.3. The van der Waals surface area contributed by atoms with E-state index in [1.807, 2.05) is 6.92 Å². The van der Waals surface area contributed by atoms with Crippen molar-refractivity contribution in [2.75, 3.05) is 19.6 Å². The number of amides is 3. The maximum Gasteiger partial charge on any atom is 0.249 e. The molecule has 94 valence electrons. The zero-order valence-corrected chi connectivity index (χ0v) is 10.0. The van der Waals surface area contributed by atoms with Gasteiger partial charge in [-0.1, -0.05) is 6.92 Å². The molecular weight excluding hydrogens is 222 g/mol. The molecule has 0 aliphatic carbocycles. The van der Waals surface area contributed by atoms with Crippen molar-refractivity contribution in [2.24, 2.45) is 11.8 Å². The minimum atomic E-state index is -0.562. The minimum Gasteiger partial charge on any atom is -0.321 e. The first kappa shape index (κ1) is 12.0. The molecule has 2 rings (SSSR count). The Morgan fingerprint density at radius 3 is 2.59 bits per heavy atom. The third-order valence-electron chi connectivity index (χ3n) is 3.54. The summed E-state index contributed by atoms with van der Waals surface area (Å²) in [7, 11) is 0. The molecule has 17 heavy (non-hydrogen) atoms. The van der Waals surface area contributed by atoms with Crippen LogP contribution in [0.15, 0.2) is 0 Å². The van der Waals surface area contributed by atoms with E-state index in [0.717, 1.165) is 6.54 Å². The molecule has 2 saturated heterocycles. The Balaban J connectivity index is 2.12. The summed E-state index contributed by atoms with van der Waals surface area (Å²) in [6.45, 7) is 5.05. The number of rotatable bonds is 1. The molecule has 0 aromatic rings. The van der Waals surface area contributed by atoms with E-state index in [4.69, 9.17) is 0 Å². The van der Waals surface area contributed by atoms with Crippen molar-refractivity contribution in [3.8, 4) is 0 Å². The lowest BCUT2D eigenvalue weighted by molar-refractivity contribution is -0.151. The van der Waals surface area contributed by atoms with Crippen molar-refractivity contribution >= 4 is 17.7 Å². The third kappa shape index (κ3) is 2.17. The molecule has 2 fully saturated rings. The van der Waals surface area contributed by atoms with Crippen LogP contribution in [-0.2, 0) is 14.4 Å². The summed E-state index contributed by atoms with van der Waals surface area (Å²) in [6.07, 6.45) is 0. The van der Waals surface area contributed by atoms with Crippen LogP contribution in [0.4, 0.5) is 0 Å². The lowest BCUT2D eigenvalue weighted by atomic mass is 9.95. The van der Waals surface area contributed by atoms with Crippen molar-refractivity contribution < 1.29 is 14.4 Å². The molecule has 0 saturated carbocycles. The predicted molar refractivity (Wildman–Crippen MR) is 59.8 cm³/mol. The number of imide groups is 1. The second-order valence-electron chi connectivity index (χ2n) is 4.80. The summed E-state index contributed by atoms with van der Waals surface area (Å²) in [4.78, 5) is 36.4. The number of nitrogens with one attached hydrogen (secondary N) is 2. The number of hydrogen-bond acceptors (Lipinski definition) is 4. The molecule has 3 amide bonds. The molecule has 6 heteroatoms. The molecule has 2 aliphatic rings. The molecule has 0 aromatic heterocycles. The number of nitrogens with zero attached hydrogens (tertiary/aromatic N) is 1. The maximum atomic E-state index is 12.3. The van der Waals surface area contributed by atoms with Gasteiger partial charge < -0.3 is 10.2 Å². The summed E-state index contributed by atoms with van der Waals surface area (Å²) in [5, 5.41) is 5.37. The SMILES string of the molecule is CC1C(=O)NC(=O)CN1C(=O)[C@@H]1CNC[C@H]1C. The number of carbonyl (C=O) groups is 3. The molecule has 2 aliphatic heterocycles. The van der Waals surface area contributed by atoms with Crippen LogP contribution in [0.5, 0.6) is 0 Å². The van der Waals surface area contributed by atoms with Crippen LogP contribution in [0.2, 0.25) is 0 Å². The zero-order chi connectivity index (χ0) is 12.6. The summed E-state index contributed by atoms with van der Waals surface area (Å²) in [6, 6.07) is -0.562. The van der Waals surface area contributed by atoms with Gasteiger partial charge in [0.2, 0.25) is 17.7 Å². The Morgan fingerprint density at radius 2 is 2.00 bits per heavy atom. The fourth-order valence-electron chi connectivity index (χ4n) is 2.34. The summed E-state index contributed by atoms with van der Waals surface area (Å²) < 4.78 is 0. The highest BCUT2D eigenvalue weighted by Gasteiger charge is 2.39. The molecule has 0 aromatic carbocycles. The fourth-order valence-corrected chi connectivity index (χ4v) is 2.34. The van der Waals surface area contributed by atoms with Gasteiger partial charge in [0.15, 0.2) is 0 Å². The van der Waals surface area contributed by atoms with Gasteiger partial charge in [-0.05, 0) is 19.4 Å². The Kier molecular flexibility index (Phi) is 3.15. The normalized spacial score (nSPS) is 33.8. The van der Waals surface area contributed by atoms with E-state index >= 15 is 0 Å². The van der Waals surface area contributed by atoms with Crippen molar-refractivity contribution in [3.63, 3.8) is 0 Å². The zero-order valence-electron chi connectivity index (χ0n) is 10.0. The Hall–Kier alpha value is -1.43. The van der Waals surface area contributed by atoms with E-state index in [2.05, 4.69) is 10.6 Å². The monoisotopic (exact) mass is 239 g/mol. The standard InChI is InChI=1S/C11H17N3O3/c1-6-3-12-4-8(6)11(17)14-5-9(15)13-10(16)7(14)2/h6-8,12H,3-5H2,1-2H3,(H,13,15,16)/t6-,7?,8-/m1/s1. The first-order valence-electron chi connectivity index (χ1n) is 5.85. The molecular formula is C11H17N3O3. The minimum absolute atomic E-state index is 0.0189. The molecule has 0 spiro atoms. The second-order valence-corrected chi connectivity index (χ2v) is 4.80. The highest BCUT2D eigenvalue weighted by molar-refractivity contribution is 6.04. The van der Waals surface area contributed by atoms with Crippen molar-refractivity contribution in [1.82, 2.24) is 15.5 Å². The first-order valence-corrected chi connectivity index (χ1v) is 5.85. The van der Waals surface area contributed by atoms with E-state index in [9.17, 15) is 14.4 Å². The first-order chi connectivity index (χ1) is 8.00. The van der Waals surface area contributed by atoms with Crippen molar-refractivity contribution in [1.29, 1.82) is 0 Å². The van der Waals surface area contributed by atoms with Crippen LogP contribution in [-0.4, -0.2) is 48.3 Å². The van der Waals surface area contributed by atoms with Crippen molar-refractivity contribution in [3.05, 3.63) is 0 Å². The molecule has 0 radical (unpaired) electrons. The number of piperazine rings is 1. The van der Waals surface area contributed by atoms with Gasteiger partial charge in [0.1, 0.15) is 12.6 Å². The van der Waals surface area contributed by atoms with Crippen LogP contribution < -0.4 is 10.6 Å². The largest absolute Gasteiger partial charge is 0.321 e. The topological polar surface area (TPSA) is 78.5 Å². The molecule has 2 N–H and O–H groups in total. The lowest BCUT2D eigenvalue weighted by Crippen LogP contribution is -2.60. The van der Waals surface area contributed by atoms with E-state index in [0.29, 0.717) is 6.54 Å². The van der Waals surface area contributed by atoms with Crippen LogP contribution in [0.1, 0.15) is 13.8 Å². The fraction of sp³-hybridized carbons (Fsp3) is 0.727. The Labute approximate surface area is 99.7 Å². The quantitative estimate of drug-likeness (QED) is 0.558. The number of carbonyl (C=O) groups excluding carboxylic acids is 3. The molecule has 6 nitrogen and oxygen atoms in total. The Morgan fingerprint density at radius 1 is 1.29 bits per heavy atom. The molecule has 2 heterocycles. The van der Waals surface area contributed by atoms with E-state index in [1.165, 1.54) is 4.90 Å². The smallest absolute Gasteiger partial charge is 0.249 e. The van der Waals surface area contributed by atoms with Gasteiger partial charge >= 0.3 is 0 Å². The average molecular weight is 239 g/mol. The van der Waals surface area contributed by atoms with Crippen LogP contribution in [0.25, 0.3) is 0 Å². The van der Waals surface area contributed by atoms with Gasteiger partial charge in [-0.15, -0.1) is 0 Å². The van der Waals surface area contributed by atoms with Gasteiger partial charge in [-0.25, -0.2) is 0 Å². The van der Waals surface area contributed by atoms with Gasteiger partial charge in [0.25, 0.3) is 0 Å². The van der Waals surface area contributed by atoms with Crippen molar-refractivity contribution in [2.45, 2.75) is 19.9 Å².